The molecule has 2 aromatic carbocycles. The highest BCUT2D eigenvalue weighted by atomic mass is 19.1. The van der Waals surface area contributed by atoms with E-state index in [0.717, 1.165) is 11.1 Å². The van der Waals surface area contributed by atoms with Gasteiger partial charge in [0, 0.05) is 37.7 Å². The Morgan fingerprint density at radius 1 is 1.13 bits per heavy atom. The van der Waals surface area contributed by atoms with Crippen molar-refractivity contribution in [1.29, 1.82) is 5.41 Å². The SMILES string of the molecule is CC(c1ccc(-c2ccccc2)c(F)c1)c1cc(N(C)C(=N)N2CCOCC2)on1. The van der Waals surface area contributed by atoms with E-state index in [4.69, 9.17) is 14.7 Å². The van der Waals surface area contributed by atoms with Crippen LogP contribution in [-0.2, 0) is 4.74 Å². The minimum Gasteiger partial charge on any atom is -0.378 e. The average molecular weight is 408 g/mol. The van der Waals surface area contributed by atoms with Gasteiger partial charge in [0.2, 0.25) is 11.8 Å². The normalized spacial score (nSPS) is 15.1. The van der Waals surface area contributed by atoms with Crippen molar-refractivity contribution in [2.45, 2.75) is 12.8 Å². The predicted molar refractivity (Wildman–Crippen MR) is 114 cm³/mol. The third kappa shape index (κ3) is 4.07. The molecular formula is C23H25FN4O2. The highest BCUT2D eigenvalue weighted by Crippen LogP contribution is 2.30. The molecule has 1 aliphatic heterocycles. The number of anilines is 1. The zero-order valence-corrected chi connectivity index (χ0v) is 17.1. The monoisotopic (exact) mass is 408 g/mol. The first kappa shape index (κ1) is 20.1. The molecule has 1 saturated heterocycles. The maximum Gasteiger partial charge on any atom is 0.233 e. The number of benzene rings is 2. The summed E-state index contributed by atoms with van der Waals surface area (Å²) in [5.74, 6) is 0.412. The van der Waals surface area contributed by atoms with Crippen LogP contribution < -0.4 is 4.90 Å². The van der Waals surface area contributed by atoms with Gasteiger partial charge < -0.3 is 14.2 Å². The molecule has 0 amide bonds. The third-order valence-corrected chi connectivity index (χ3v) is 5.50. The second kappa shape index (κ2) is 8.67. The van der Waals surface area contributed by atoms with E-state index in [1.807, 2.05) is 54.3 Å². The third-order valence-electron chi connectivity index (χ3n) is 5.50. The Kier molecular flexibility index (Phi) is 5.81. The van der Waals surface area contributed by atoms with Crippen molar-refractivity contribution in [2.75, 3.05) is 38.3 Å². The molecule has 0 spiro atoms. The molecule has 1 N–H and O–H groups in total. The molecule has 7 heteroatoms. The summed E-state index contributed by atoms with van der Waals surface area (Å²) in [5, 5.41) is 12.6. The number of nitrogens with one attached hydrogen (secondary N) is 1. The summed E-state index contributed by atoms with van der Waals surface area (Å²) in [6.07, 6.45) is 0. The molecule has 0 saturated carbocycles. The second-order valence-corrected chi connectivity index (χ2v) is 7.40. The predicted octanol–water partition coefficient (Wildman–Crippen LogP) is 4.34. The van der Waals surface area contributed by atoms with Crippen molar-refractivity contribution in [3.63, 3.8) is 0 Å². The molecule has 0 radical (unpaired) electrons. The highest BCUT2D eigenvalue weighted by Gasteiger charge is 2.22. The molecule has 4 rings (SSSR count). The molecule has 1 aromatic heterocycles. The Hall–Kier alpha value is -3.19. The molecule has 1 atom stereocenters. The number of morpholine rings is 1. The summed E-state index contributed by atoms with van der Waals surface area (Å²) in [6.45, 7) is 4.53. The topological polar surface area (TPSA) is 65.6 Å². The van der Waals surface area contributed by atoms with Crippen molar-refractivity contribution >= 4 is 11.8 Å². The first-order chi connectivity index (χ1) is 14.5. The molecule has 1 unspecified atom stereocenters. The molecule has 156 valence electrons. The van der Waals surface area contributed by atoms with Crippen LogP contribution in [0.2, 0.25) is 0 Å². The van der Waals surface area contributed by atoms with E-state index in [9.17, 15) is 4.39 Å². The molecule has 6 nitrogen and oxygen atoms in total. The first-order valence-corrected chi connectivity index (χ1v) is 10.0. The fourth-order valence-electron chi connectivity index (χ4n) is 3.56. The van der Waals surface area contributed by atoms with Gasteiger partial charge in [0.15, 0.2) is 0 Å². The summed E-state index contributed by atoms with van der Waals surface area (Å²) in [4.78, 5) is 3.60. The summed E-state index contributed by atoms with van der Waals surface area (Å²) in [5.41, 5.74) is 2.93. The summed E-state index contributed by atoms with van der Waals surface area (Å²) in [7, 11) is 1.78. The van der Waals surface area contributed by atoms with Gasteiger partial charge in [0.05, 0.1) is 18.9 Å². The smallest absolute Gasteiger partial charge is 0.233 e. The van der Waals surface area contributed by atoms with E-state index >= 15 is 0 Å². The van der Waals surface area contributed by atoms with Gasteiger partial charge in [-0.2, -0.15) is 0 Å². The average Bonchev–Trinajstić information content (AvgIpc) is 3.29. The number of hydrogen-bond donors (Lipinski definition) is 1. The zero-order chi connectivity index (χ0) is 21.1. The first-order valence-electron chi connectivity index (χ1n) is 10.0. The van der Waals surface area contributed by atoms with Crippen molar-refractivity contribution in [3.05, 3.63) is 71.7 Å². The Morgan fingerprint density at radius 2 is 1.87 bits per heavy atom. The van der Waals surface area contributed by atoms with Crippen LogP contribution in [-0.4, -0.2) is 49.4 Å². The van der Waals surface area contributed by atoms with E-state index in [1.54, 1.807) is 24.1 Å². The van der Waals surface area contributed by atoms with E-state index in [-0.39, 0.29) is 11.7 Å². The number of nitrogens with zero attached hydrogens (tertiary/aromatic N) is 3. The Balaban J connectivity index is 1.50. The molecule has 30 heavy (non-hydrogen) atoms. The fraction of sp³-hybridized carbons (Fsp3) is 0.304. The van der Waals surface area contributed by atoms with Gasteiger partial charge in [0.1, 0.15) is 5.82 Å². The number of guanidine groups is 1. The van der Waals surface area contributed by atoms with Crippen molar-refractivity contribution < 1.29 is 13.7 Å². The van der Waals surface area contributed by atoms with Crippen LogP contribution in [0.15, 0.2) is 59.1 Å². The van der Waals surface area contributed by atoms with Crippen LogP contribution in [0.3, 0.4) is 0 Å². The van der Waals surface area contributed by atoms with Gasteiger partial charge in [0.25, 0.3) is 0 Å². The van der Waals surface area contributed by atoms with Crippen molar-refractivity contribution in [3.8, 4) is 11.1 Å². The largest absolute Gasteiger partial charge is 0.378 e. The molecule has 1 aliphatic rings. The number of rotatable bonds is 4. The standard InChI is InChI=1S/C23H25FN4O2/c1-16(18-8-9-19(20(24)14-18)17-6-4-3-5-7-17)21-15-22(30-26-21)27(2)23(25)28-10-12-29-13-11-28/h3-9,14-16,25H,10-13H2,1-2H3. The Labute approximate surface area is 175 Å². The molecule has 1 fully saturated rings. The van der Waals surface area contributed by atoms with Gasteiger partial charge in [-0.15, -0.1) is 0 Å². The minimum absolute atomic E-state index is 0.146. The highest BCUT2D eigenvalue weighted by molar-refractivity contribution is 5.92. The van der Waals surface area contributed by atoms with E-state index in [1.165, 1.54) is 0 Å². The van der Waals surface area contributed by atoms with Crippen molar-refractivity contribution in [2.24, 2.45) is 0 Å². The lowest BCUT2D eigenvalue weighted by atomic mass is 9.95. The Morgan fingerprint density at radius 3 is 2.57 bits per heavy atom. The van der Waals surface area contributed by atoms with Crippen LogP contribution in [0.4, 0.5) is 10.3 Å². The Bertz CT molecular complexity index is 1020. The van der Waals surface area contributed by atoms with E-state index in [0.29, 0.717) is 49.4 Å². The minimum atomic E-state index is -0.263. The van der Waals surface area contributed by atoms with Gasteiger partial charge in [-0.3, -0.25) is 10.3 Å². The van der Waals surface area contributed by atoms with Crippen LogP contribution in [0.1, 0.15) is 24.1 Å². The maximum absolute atomic E-state index is 14.8. The molecule has 0 bridgehead atoms. The summed E-state index contributed by atoms with van der Waals surface area (Å²) < 4.78 is 25.6. The van der Waals surface area contributed by atoms with E-state index in [2.05, 4.69) is 5.16 Å². The number of hydrogen-bond acceptors (Lipinski definition) is 4. The lowest BCUT2D eigenvalue weighted by Crippen LogP contribution is -2.47. The van der Waals surface area contributed by atoms with Gasteiger partial charge in [-0.25, -0.2) is 4.39 Å². The molecule has 2 heterocycles. The number of ether oxygens (including phenoxy) is 1. The lowest BCUT2D eigenvalue weighted by Gasteiger charge is -2.32. The van der Waals surface area contributed by atoms with Gasteiger partial charge in [-0.05, 0) is 17.2 Å². The quantitative estimate of drug-likeness (QED) is 0.514. The fourth-order valence-corrected chi connectivity index (χ4v) is 3.56. The molecule has 3 aromatic rings. The molecular weight excluding hydrogens is 383 g/mol. The van der Waals surface area contributed by atoms with E-state index < -0.39 is 0 Å². The summed E-state index contributed by atoms with van der Waals surface area (Å²) >= 11 is 0. The molecule has 0 aliphatic carbocycles. The second-order valence-electron chi connectivity index (χ2n) is 7.40. The van der Waals surface area contributed by atoms with Crippen LogP contribution in [0.5, 0.6) is 0 Å². The number of halogens is 1. The maximum atomic E-state index is 14.8. The van der Waals surface area contributed by atoms with Crippen molar-refractivity contribution in [1.82, 2.24) is 10.1 Å². The van der Waals surface area contributed by atoms with Gasteiger partial charge in [-0.1, -0.05) is 54.5 Å². The lowest BCUT2D eigenvalue weighted by molar-refractivity contribution is 0.0670. The summed E-state index contributed by atoms with van der Waals surface area (Å²) in [6, 6.07) is 16.6. The van der Waals surface area contributed by atoms with Crippen LogP contribution in [0, 0.1) is 11.2 Å². The number of aromatic nitrogens is 1. The van der Waals surface area contributed by atoms with Crippen LogP contribution in [0.25, 0.3) is 11.1 Å². The van der Waals surface area contributed by atoms with Crippen LogP contribution >= 0.6 is 0 Å². The van der Waals surface area contributed by atoms with Gasteiger partial charge >= 0.3 is 0 Å². The zero-order valence-electron chi connectivity index (χ0n) is 17.1.